The fraction of sp³-hybridized carbons (Fsp3) is 0.182. The van der Waals surface area contributed by atoms with Gasteiger partial charge in [0, 0.05) is 28.3 Å². The van der Waals surface area contributed by atoms with Crippen molar-refractivity contribution in [3.05, 3.63) is 38.9 Å². The molecule has 1 aromatic carbocycles. The van der Waals surface area contributed by atoms with Crippen LogP contribution >= 0.6 is 31.9 Å². The summed E-state index contributed by atoms with van der Waals surface area (Å²) in [7, 11) is -1.95. The van der Waals surface area contributed by atoms with E-state index in [0.717, 1.165) is 10.0 Å². The molecule has 0 saturated carbocycles. The smallest absolute Gasteiger partial charge is 0.264 e. The second-order valence-corrected chi connectivity index (χ2v) is 7.37. The molecule has 0 radical (unpaired) electrons. The van der Waals surface area contributed by atoms with Crippen molar-refractivity contribution in [3.63, 3.8) is 0 Å². The normalized spacial score (nSPS) is 11.6. The predicted molar refractivity (Wildman–Crippen MR) is 80.6 cm³/mol. The number of halogens is 2. The minimum Gasteiger partial charge on any atom is -0.274 e. The van der Waals surface area contributed by atoms with E-state index in [2.05, 4.69) is 41.7 Å². The van der Waals surface area contributed by atoms with E-state index in [1.807, 2.05) is 6.92 Å². The van der Waals surface area contributed by atoms with E-state index in [1.165, 1.54) is 4.68 Å². The zero-order valence-corrected chi connectivity index (χ0v) is 14.2. The van der Waals surface area contributed by atoms with Gasteiger partial charge in [-0.2, -0.15) is 5.10 Å². The van der Waals surface area contributed by atoms with Gasteiger partial charge in [-0.15, -0.1) is 0 Å². The molecular formula is C11H11Br2N3O2S. The van der Waals surface area contributed by atoms with Crippen molar-refractivity contribution >= 4 is 47.7 Å². The third-order valence-corrected chi connectivity index (χ3v) is 5.62. The highest BCUT2D eigenvalue weighted by atomic mass is 79.9. The fourth-order valence-electron chi connectivity index (χ4n) is 1.50. The van der Waals surface area contributed by atoms with Crippen LogP contribution in [0.4, 0.5) is 5.82 Å². The molecule has 1 N–H and O–H groups in total. The van der Waals surface area contributed by atoms with Gasteiger partial charge in [-0.05, 0) is 40.5 Å². The largest absolute Gasteiger partial charge is 0.274 e. The first-order valence-electron chi connectivity index (χ1n) is 5.28. The Morgan fingerprint density at radius 3 is 2.53 bits per heavy atom. The molecule has 0 aliphatic carbocycles. The van der Waals surface area contributed by atoms with Crippen molar-refractivity contribution in [2.24, 2.45) is 7.05 Å². The molecule has 1 aromatic heterocycles. The maximum atomic E-state index is 12.3. The van der Waals surface area contributed by atoms with Crippen molar-refractivity contribution in [3.8, 4) is 0 Å². The number of benzene rings is 1. The number of nitrogens with one attached hydrogen (secondary N) is 1. The Kier molecular flexibility index (Phi) is 4.03. The number of aryl methyl sites for hydroxylation is 2. The van der Waals surface area contributed by atoms with Gasteiger partial charge in [0.15, 0.2) is 5.82 Å². The lowest BCUT2D eigenvalue weighted by Crippen LogP contribution is -2.14. The Hall–Kier alpha value is -0.860. The molecule has 0 saturated heterocycles. The first-order chi connectivity index (χ1) is 8.79. The van der Waals surface area contributed by atoms with Crippen LogP contribution < -0.4 is 4.72 Å². The monoisotopic (exact) mass is 407 g/mol. The molecule has 8 heteroatoms. The van der Waals surface area contributed by atoms with E-state index in [0.29, 0.717) is 4.47 Å². The fourth-order valence-corrected chi connectivity index (χ4v) is 4.17. The van der Waals surface area contributed by atoms with Gasteiger partial charge in [0.2, 0.25) is 0 Å². The Morgan fingerprint density at radius 1 is 1.26 bits per heavy atom. The van der Waals surface area contributed by atoms with Gasteiger partial charge in [0.05, 0.1) is 0 Å². The van der Waals surface area contributed by atoms with Crippen LogP contribution in [0.25, 0.3) is 0 Å². The zero-order valence-electron chi connectivity index (χ0n) is 10.2. The number of anilines is 1. The molecule has 0 fully saturated rings. The molecule has 5 nitrogen and oxygen atoms in total. The number of aromatic nitrogens is 2. The van der Waals surface area contributed by atoms with Gasteiger partial charge in [0.25, 0.3) is 10.0 Å². The summed E-state index contributed by atoms with van der Waals surface area (Å²) in [6, 6.07) is 4.90. The molecule has 1 heterocycles. The highest BCUT2D eigenvalue weighted by Gasteiger charge is 2.20. The Labute approximate surface area is 128 Å². The van der Waals surface area contributed by atoms with Gasteiger partial charge >= 0.3 is 0 Å². The van der Waals surface area contributed by atoms with Gasteiger partial charge in [-0.3, -0.25) is 9.40 Å². The van der Waals surface area contributed by atoms with E-state index in [1.54, 1.807) is 31.4 Å². The van der Waals surface area contributed by atoms with E-state index < -0.39 is 10.0 Å². The maximum Gasteiger partial charge on any atom is 0.264 e. The van der Waals surface area contributed by atoms with Crippen molar-refractivity contribution < 1.29 is 8.42 Å². The predicted octanol–water partition coefficient (Wildman–Crippen LogP) is 3.05. The summed E-state index contributed by atoms with van der Waals surface area (Å²) in [5.74, 6) is 0.283. The number of hydrogen-bond acceptors (Lipinski definition) is 3. The summed E-state index contributed by atoms with van der Waals surface area (Å²) < 4.78 is 29.8. The third-order valence-electron chi connectivity index (χ3n) is 2.46. The summed E-state index contributed by atoms with van der Waals surface area (Å²) >= 11 is 6.60. The number of hydrogen-bond donors (Lipinski definition) is 1. The minimum atomic E-state index is -3.67. The van der Waals surface area contributed by atoms with Crippen molar-refractivity contribution in [1.29, 1.82) is 0 Å². The second-order valence-electron chi connectivity index (χ2n) is 4.01. The first kappa shape index (κ1) is 14.5. The van der Waals surface area contributed by atoms with Crippen LogP contribution in [-0.4, -0.2) is 18.2 Å². The van der Waals surface area contributed by atoms with Crippen LogP contribution in [0, 0.1) is 6.92 Å². The lowest BCUT2D eigenvalue weighted by atomic mass is 10.2. The Morgan fingerprint density at radius 2 is 1.95 bits per heavy atom. The lowest BCUT2D eigenvalue weighted by molar-refractivity contribution is 0.600. The highest BCUT2D eigenvalue weighted by molar-refractivity contribution is 9.11. The third kappa shape index (κ3) is 3.18. The standard InChI is InChI=1S/C11H11Br2N3O2S/c1-7-5-9(13)10(6-8(7)12)19(17,18)15-11-3-4-16(2)14-11/h3-6H,1-2H3,(H,14,15). The summed E-state index contributed by atoms with van der Waals surface area (Å²) in [5.41, 5.74) is 0.948. The average Bonchev–Trinajstić information content (AvgIpc) is 2.68. The van der Waals surface area contributed by atoms with Crippen LogP contribution in [0.1, 0.15) is 5.56 Å². The van der Waals surface area contributed by atoms with E-state index >= 15 is 0 Å². The molecule has 102 valence electrons. The van der Waals surface area contributed by atoms with Crippen LogP contribution in [0.3, 0.4) is 0 Å². The molecule has 0 bridgehead atoms. The summed E-state index contributed by atoms with van der Waals surface area (Å²) in [6.45, 7) is 1.89. The van der Waals surface area contributed by atoms with Crippen LogP contribution in [-0.2, 0) is 17.1 Å². The Bertz CT molecular complexity index is 726. The summed E-state index contributed by atoms with van der Waals surface area (Å²) in [5, 5.41) is 3.99. The average molecular weight is 409 g/mol. The van der Waals surface area contributed by atoms with Crippen molar-refractivity contribution in [1.82, 2.24) is 9.78 Å². The summed E-state index contributed by atoms with van der Waals surface area (Å²) in [4.78, 5) is 0.163. The molecule has 2 aromatic rings. The van der Waals surface area contributed by atoms with E-state index in [-0.39, 0.29) is 10.7 Å². The molecule has 2 rings (SSSR count). The molecule has 0 spiro atoms. The topological polar surface area (TPSA) is 64.0 Å². The molecule has 19 heavy (non-hydrogen) atoms. The first-order valence-corrected chi connectivity index (χ1v) is 8.34. The van der Waals surface area contributed by atoms with Crippen LogP contribution in [0.2, 0.25) is 0 Å². The number of sulfonamides is 1. The van der Waals surface area contributed by atoms with Crippen LogP contribution in [0.15, 0.2) is 38.2 Å². The SMILES string of the molecule is Cc1cc(Br)c(S(=O)(=O)Nc2ccn(C)n2)cc1Br. The second kappa shape index (κ2) is 5.26. The molecule has 0 amide bonds. The van der Waals surface area contributed by atoms with Gasteiger partial charge in [-0.1, -0.05) is 15.9 Å². The van der Waals surface area contributed by atoms with Gasteiger partial charge in [-0.25, -0.2) is 8.42 Å². The molecule has 0 atom stereocenters. The minimum absolute atomic E-state index is 0.163. The zero-order chi connectivity index (χ0) is 14.2. The van der Waals surface area contributed by atoms with Gasteiger partial charge < -0.3 is 0 Å². The van der Waals surface area contributed by atoms with Crippen molar-refractivity contribution in [2.45, 2.75) is 11.8 Å². The van der Waals surface area contributed by atoms with E-state index in [4.69, 9.17) is 0 Å². The molecule has 0 aliphatic heterocycles. The van der Waals surface area contributed by atoms with Crippen molar-refractivity contribution in [2.75, 3.05) is 4.72 Å². The summed E-state index contributed by atoms with van der Waals surface area (Å²) in [6.07, 6.45) is 1.66. The van der Waals surface area contributed by atoms with Crippen LogP contribution in [0.5, 0.6) is 0 Å². The quantitative estimate of drug-likeness (QED) is 0.848. The Balaban J connectivity index is 2.42. The van der Waals surface area contributed by atoms with E-state index in [9.17, 15) is 8.42 Å². The highest BCUT2D eigenvalue weighted by Crippen LogP contribution is 2.29. The number of rotatable bonds is 3. The molecular weight excluding hydrogens is 398 g/mol. The molecule has 0 aliphatic rings. The maximum absolute atomic E-state index is 12.3. The number of nitrogens with zero attached hydrogens (tertiary/aromatic N) is 2. The van der Waals surface area contributed by atoms with Gasteiger partial charge in [0.1, 0.15) is 4.90 Å². The lowest BCUT2D eigenvalue weighted by Gasteiger charge is -2.09. The molecule has 0 unspecified atom stereocenters.